The predicted molar refractivity (Wildman–Crippen MR) is 47.4 cm³/mol. The molecule has 0 spiro atoms. The van der Waals surface area contributed by atoms with E-state index in [-0.39, 0.29) is 0 Å². The number of nitrogens with one attached hydrogen (secondary N) is 1. The van der Waals surface area contributed by atoms with Crippen LogP contribution in [0.4, 0.5) is 5.82 Å². The zero-order chi connectivity index (χ0) is 8.55. The van der Waals surface area contributed by atoms with E-state index in [4.69, 9.17) is 11.0 Å². The first-order valence-electron chi connectivity index (χ1n) is 3.58. The number of nitrogen functional groups attached to an aromatic ring is 1. The summed E-state index contributed by atoms with van der Waals surface area (Å²) >= 11 is 0. The Labute approximate surface area is 69.4 Å². The monoisotopic (exact) mass is 157 g/mol. The molecule has 3 heteroatoms. The molecule has 3 nitrogen and oxygen atoms in total. The predicted octanol–water partition coefficient (Wildman–Crippen LogP) is 1.62. The molecule has 1 heterocycles. The third kappa shape index (κ3) is 0.903. The Hall–Kier alpha value is -1.95. The molecule has 12 heavy (non-hydrogen) atoms. The normalized spacial score (nSPS) is 9.92. The van der Waals surface area contributed by atoms with E-state index in [2.05, 4.69) is 11.1 Å². The Morgan fingerprint density at radius 2 is 2.17 bits per heavy atom. The quantitative estimate of drug-likeness (QED) is 0.610. The van der Waals surface area contributed by atoms with Crippen LogP contribution in [-0.2, 0) is 0 Å². The molecule has 0 atom stereocenters. The van der Waals surface area contributed by atoms with Crippen molar-refractivity contribution in [1.29, 1.82) is 5.26 Å². The highest BCUT2D eigenvalue weighted by Gasteiger charge is 1.97. The van der Waals surface area contributed by atoms with Crippen molar-refractivity contribution in [2.75, 3.05) is 5.73 Å². The summed E-state index contributed by atoms with van der Waals surface area (Å²) in [4.78, 5) is 2.96. The van der Waals surface area contributed by atoms with Crippen molar-refractivity contribution in [1.82, 2.24) is 4.98 Å². The average molecular weight is 157 g/mol. The van der Waals surface area contributed by atoms with Crippen molar-refractivity contribution < 1.29 is 0 Å². The van der Waals surface area contributed by atoms with Crippen LogP contribution in [0.3, 0.4) is 0 Å². The molecule has 0 aliphatic heterocycles. The summed E-state index contributed by atoms with van der Waals surface area (Å²) in [5.41, 5.74) is 7.10. The van der Waals surface area contributed by atoms with E-state index in [9.17, 15) is 0 Å². The highest BCUT2D eigenvalue weighted by Crippen LogP contribution is 2.17. The summed E-state index contributed by atoms with van der Waals surface area (Å²) in [6.07, 6.45) is 0. The first-order chi connectivity index (χ1) is 5.79. The van der Waals surface area contributed by atoms with Gasteiger partial charge in [-0.15, -0.1) is 0 Å². The second-order valence-electron chi connectivity index (χ2n) is 2.64. The molecular formula is C9H7N3. The molecule has 0 aliphatic rings. The minimum absolute atomic E-state index is 0.625. The van der Waals surface area contributed by atoms with Crippen molar-refractivity contribution in [3.63, 3.8) is 0 Å². The van der Waals surface area contributed by atoms with Crippen LogP contribution in [-0.4, -0.2) is 4.98 Å². The van der Waals surface area contributed by atoms with Crippen molar-refractivity contribution >= 4 is 16.7 Å². The number of H-pyrrole nitrogens is 1. The first-order valence-corrected chi connectivity index (χ1v) is 3.58. The van der Waals surface area contributed by atoms with Crippen LogP contribution in [0.1, 0.15) is 5.56 Å². The van der Waals surface area contributed by atoms with Gasteiger partial charge in [0, 0.05) is 10.9 Å². The van der Waals surface area contributed by atoms with Crippen molar-refractivity contribution in [2.24, 2.45) is 0 Å². The van der Waals surface area contributed by atoms with Gasteiger partial charge in [0.2, 0.25) is 0 Å². The molecule has 3 N–H and O–H groups in total. The number of nitriles is 1. The topological polar surface area (TPSA) is 65.6 Å². The molecule has 0 unspecified atom stereocenters. The SMILES string of the molecule is N#Cc1ccc2cc(N)[nH]c2c1. The molecule has 1 aromatic heterocycles. The highest BCUT2D eigenvalue weighted by atomic mass is 14.8. The molecule has 2 aromatic rings. The van der Waals surface area contributed by atoms with Crippen molar-refractivity contribution in [3.05, 3.63) is 29.8 Å². The Kier molecular flexibility index (Phi) is 1.28. The zero-order valence-electron chi connectivity index (χ0n) is 6.33. The lowest BCUT2D eigenvalue weighted by Crippen LogP contribution is -1.80. The van der Waals surface area contributed by atoms with E-state index >= 15 is 0 Å². The molecule has 0 saturated heterocycles. The summed E-state index contributed by atoms with van der Waals surface area (Å²) in [5, 5.41) is 9.64. The fourth-order valence-corrected chi connectivity index (χ4v) is 1.22. The number of anilines is 1. The van der Waals surface area contributed by atoms with Crippen LogP contribution in [0.2, 0.25) is 0 Å². The van der Waals surface area contributed by atoms with E-state index in [0.29, 0.717) is 11.4 Å². The number of nitrogens with zero attached hydrogens (tertiary/aromatic N) is 1. The Balaban J connectivity index is 2.77. The fraction of sp³-hybridized carbons (Fsp3) is 0. The number of aromatic nitrogens is 1. The smallest absolute Gasteiger partial charge is 0.101 e. The number of fused-ring (bicyclic) bond motifs is 1. The summed E-state index contributed by atoms with van der Waals surface area (Å²) in [5.74, 6) is 0.625. The van der Waals surface area contributed by atoms with Gasteiger partial charge in [-0.3, -0.25) is 0 Å². The van der Waals surface area contributed by atoms with Gasteiger partial charge < -0.3 is 10.7 Å². The minimum atomic E-state index is 0.625. The van der Waals surface area contributed by atoms with Crippen LogP contribution in [0, 0.1) is 11.3 Å². The van der Waals surface area contributed by atoms with E-state index in [1.54, 1.807) is 12.1 Å². The fourth-order valence-electron chi connectivity index (χ4n) is 1.22. The third-order valence-corrected chi connectivity index (χ3v) is 1.77. The number of hydrogen-bond acceptors (Lipinski definition) is 2. The number of rotatable bonds is 0. The Morgan fingerprint density at radius 3 is 2.92 bits per heavy atom. The van der Waals surface area contributed by atoms with E-state index in [1.165, 1.54) is 0 Å². The maximum Gasteiger partial charge on any atom is 0.101 e. The maximum absolute atomic E-state index is 8.61. The van der Waals surface area contributed by atoms with E-state index in [1.807, 2.05) is 12.1 Å². The van der Waals surface area contributed by atoms with E-state index < -0.39 is 0 Å². The lowest BCUT2D eigenvalue weighted by molar-refractivity contribution is 1.46. The standard InChI is InChI=1S/C9H7N3/c10-5-6-1-2-7-4-9(11)12-8(7)3-6/h1-4,12H,11H2. The van der Waals surface area contributed by atoms with Crippen LogP contribution >= 0.6 is 0 Å². The van der Waals surface area contributed by atoms with Gasteiger partial charge in [-0.2, -0.15) is 5.26 Å². The van der Waals surface area contributed by atoms with Gasteiger partial charge in [-0.1, -0.05) is 6.07 Å². The largest absolute Gasteiger partial charge is 0.385 e. The van der Waals surface area contributed by atoms with Gasteiger partial charge in [0.15, 0.2) is 0 Å². The Morgan fingerprint density at radius 1 is 1.33 bits per heavy atom. The van der Waals surface area contributed by atoms with Crippen LogP contribution in [0.25, 0.3) is 10.9 Å². The highest BCUT2D eigenvalue weighted by molar-refractivity contribution is 5.84. The summed E-state index contributed by atoms with van der Waals surface area (Å²) < 4.78 is 0. The molecule has 0 amide bonds. The molecule has 0 bridgehead atoms. The van der Waals surface area contributed by atoms with Crippen LogP contribution in [0.15, 0.2) is 24.3 Å². The van der Waals surface area contributed by atoms with Gasteiger partial charge in [0.25, 0.3) is 0 Å². The van der Waals surface area contributed by atoms with Crippen molar-refractivity contribution in [3.8, 4) is 6.07 Å². The molecular weight excluding hydrogens is 150 g/mol. The lowest BCUT2D eigenvalue weighted by atomic mass is 10.2. The number of aromatic amines is 1. The van der Waals surface area contributed by atoms with Gasteiger partial charge in [-0.05, 0) is 18.2 Å². The molecule has 58 valence electrons. The molecule has 1 aromatic carbocycles. The first kappa shape index (κ1) is 6.74. The number of benzene rings is 1. The zero-order valence-corrected chi connectivity index (χ0v) is 6.33. The molecule has 0 radical (unpaired) electrons. The second-order valence-corrected chi connectivity index (χ2v) is 2.64. The summed E-state index contributed by atoms with van der Waals surface area (Å²) in [6.45, 7) is 0. The molecule has 0 saturated carbocycles. The number of hydrogen-bond donors (Lipinski definition) is 2. The van der Waals surface area contributed by atoms with Gasteiger partial charge in [-0.25, -0.2) is 0 Å². The molecule has 0 aliphatic carbocycles. The summed E-state index contributed by atoms with van der Waals surface area (Å²) in [7, 11) is 0. The van der Waals surface area contributed by atoms with Crippen LogP contribution < -0.4 is 5.73 Å². The average Bonchev–Trinajstić information content (AvgIpc) is 2.43. The number of nitrogens with two attached hydrogens (primary N) is 1. The van der Waals surface area contributed by atoms with Gasteiger partial charge in [0.05, 0.1) is 11.6 Å². The molecule has 2 rings (SSSR count). The second kappa shape index (κ2) is 2.28. The summed E-state index contributed by atoms with van der Waals surface area (Å²) in [6, 6.07) is 9.34. The maximum atomic E-state index is 8.61. The van der Waals surface area contributed by atoms with Gasteiger partial charge >= 0.3 is 0 Å². The van der Waals surface area contributed by atoms with E-state index in [0.717, 1.165) is 10.9 Å². The minimum Gasteiger partial charge on any atom is -0.385 e. The van der Waals surface area contributed by atoms with Gasteiger partial charge in [0.1, 0.15) is 5.82 Å². The lowest BCUT2D eigenvalue weighted by Gasteiger charge is -1.88. The molecule has 0 fully saturated rings. The third-order valence-electron chi connectivity index (χ3n) is 1.77. The van der Waals surface area contributed by atoms with Crippen molar-refractivity contribution in [2.45, 2.75) is 0 Å². The van der Waals surface area contributed by atoms with Crippen LogP contribution in [0.5, 0.6) is 0 Å². The Bertz CT molecular complexity index is 462.